The summed E-state index contributed by atoms with van der Waals surface area (Å²) in [6.07, 6.45) is -3.78. The number of carbonyl (C=O) groups is 1. The van der Waals surface area contributed by atoms with Gasteiger partial charge in [0, 0.05) is 25.8 Å². The van der Waals surface area contributed by atoms with Gasteiger partial charge in [-0.15, -0.1) is 10.2 Å². The highest BCUT2D eigenvalue weighted by molar-refractivity contribution is 7.99. The van der Waals surface area contributed by atoms with Gasteiger partial charge in [0.15, 0.2) is 11.0 Å². The Morgan fingerprint density at radius 1 is 1.33 bits per heavy atom. The molecule has 6 nitrogen and oxygen atoms in total. The van der Waals surface area contributed by atoms with Gasteiger partial charge in [-0.05, 0) is 18.6 Å². The van der Waals surface area contributed by atoms with E-state index in [1.807, 2.05) is 11.4 Å². The van der Waals surface area contributed by atoms with Crippen LogP contribution in [0.1, 0.15) is 6.42 Å². The van der Waals surface area contributed by atoms with Gasteiger partial charge in [-0.25, -0.2) is 0 Å². The van der Waals surface area contributed by atoms with Crippen LogP contribution < -0.4 is 5.32 Å². The second-order valence-corrected chi connectivity index (χ2v) is 6.81. The monoisotopic (exact) mass is 422 g/mol. The number of alkyl halides is 3. The van der Waals surface area contributed by atoms with Crippen LogP contribution in [0.25, 0.3) is 11.4 Å². The number of benzene rings is 1. The van der Waals surface area contributed by atoms with Crippen molar-refractivity contribution < 1.29 is 22.7 Å². The summed E-state index contributed by atoms with van der Waals surface area (Å²) in [5.74, 6) is -0.418. The topological polar surface area (TPSA) is 69.0 Å². The quantitative estimate of drug-likeness (QED) is 0.495. The first-order valence-corrected chi connectivity index (χ1v) is 9.31. The Bertz CT molecular complexity index is 770. The molecule has 0 spiro atoms. The van der Waals surface area contributed by atoms with Gasteiger partial charge in [0.25, 0.3) is 0 Å². The smallest absolute Gasteiger partial charge is 0.385 e. The van der Waals surface area contributed by atoms with Gasteiger partial charge in [-0.1, -0.05) is 35.5 Å². The zero-order valence-corrected chi connectivity index (χ0v) is 16.0. The standard InChI is InChI=1S/C16H18ClF3N4O2S/c1-26-8-4-7-24-14(11-5-2-3-6-12(11)17)22-23-15(24)27-9-13(25)21-10-16(18,19)20/h2-3,5-6H,4,7-10H2,1H3,(H,21,25). The Morgan fingerprint density at radius 3 is 2.74 bits per heavy atom. The highest BCUT2D eigenvalue weighted by Crippen LogP contribution is 2.29. The largest absolute Gasteiger partial charge is 0.405 e. The normalized spacial score (nSPS) is 11.6. The molecule has 0 saturated heterocycles. The molecule has 0 aliphatic heterocycles. The first-order valence-electron chi connectivity index (χ1n) is 7.95. The first kappa shape index (κ1) is 21.5. The fourth-order valence-electron chi connectivity index (χ4n) is 2.19. The lowest BCUT2D eigenvalue weighted by Gasteiger charge is -2.11. The highest BCUT2D eigenvalue weighted by atomic mass is 35.5. The molecule has 0 unspecified atom stereocenters. The molecule has 1 aromatic heterocycles. The lowest BCUT2D eigenvalue weighted by atomic mass is 10.2. The Morgan fingerprint density at radius 2 is 2.07 bits per heavy atom. The molecule has 0 fully saturated rings. The molecule has 11 heteroatoms. The predicted molar refractivity (Wildman–Crippen MR) is 96.7 cm³/mol. The summed E-state index contributed by atoms with van der Waals surface area (Å²) in [5.41, 5.74) is 0.678. The Kier molecular flexibility index (Phi) is 7.93. The van der Waals surface area contributed by atoms with Crippen LogP contribution in [0.15, 0.2) is 29.4 Å². The number of amides is 1. The summed E-state index contributed by atoms with van der Waals surface area (Å²) < 4.78 is 43.4. The lowest BCUT2D eigenvalue weighted by Crippen LogP contribution is -2.34. The fourth-order valence-corrected chi connectivity index (χ4v) is 3.20. The van der Waals surface area contributed by atoms with E-state index in [0.29, 0.717) is 41.1 Å². The van der Waals surface area contributed by atoms with Crippen molar-refractivity contribution in [3.63, 3.8) is 0 Å². The molecular formula is C16H18ClF3N4O2S. The molecule has 1 aromatic carbocycles. The third-order valence-electron chi connectivity index (χ3n) is 3.38. The van der Waals surface area contributed by atoms with Crippen molar-refractivity contribution in [2.24, 2.45) is 0 Å². The van der Waals surface area contributed by atoms with Crippen LogP contribution in [0.3, 0.4) is 0 Å². The molecule has 0 aliphatic rings. The van der Waals surface area contributed by atoms with Gasteiger partial charge in [0.05, 0.1) is 10.8 Å². The van der Waals surface area contributed by atoms with Gasteiger partial charge < -0.3 is 14.6 Å². The van der Waals surface area contributed by atoms with Crippen molar-refractivity contribution >= 4 is 29.3 Å². The molecule has 1 amide bonds. The second-order valence-electron chi connectivity index (χ2n) is 5.46. The maximum Gasteiger partial charge on any atom is 0.405 e. The minimum absolute atomic E-state index is 0.207. The number of thioether (sulfide) groups is 1. The molecule has 0 radical (unpaired) electrons. The number of nitrogens with zero attached hydrogens (tertiary/aromatic N) is 3. The molecule has 0 saturated carbocycles. The summed E-state index contributed by atoms with van der Waals surface area (Å²) in [6.45, 7) is -0.345. The Labute approximate surface area is 163 Å². The highest BCUT2D eigenvalue weighted by Gasteiger charge is 2.27. The number of aromatic nitrogens is 3. The zero-order chi connectivity index (χ0) is 19.9. The SMILES string of the molecule is COCCCn1c(SCC(=O)NCC(F)(F)F)nnc1-c1ccccc1Cl. The average molecular weight is 423 g/mol. The van der Waals surface area contributed by atoms with E-state index in [0.717, 1.165) is 11.8 Å². The van der Waals surface area contributed by atoms with Gasteiger partial charge in [-0.3, -0.25) is 4.79 Å². The van der Waals surface area contributed by atoms with Crippen molar-refractivity contribution in [2.45, 2.75) is 24.3 Å². The molecule has 2 rings (SSSR count). The van der Waals surface area contributed by atoms with Gasteiger partial charge in [-0.2, -0.15) is 13.2 Å². The molecule has 0 atom stereocenters. The van der Waals surface area contributed by atoms with E-state index in [2.05, 4.69) is 10.2 Å². The fraction of sp³-hybridized carbons (Fsp3) is 0.438. The van der Waals surface area contributed by atoms with Crippen molar-refractivity contribution in [2.75, 3.05) is 26.0 Å². The van der Waals surface area contributed by atoms with Crippen molar-refractivity contribution in [3.8, 4) is 11.4 Å². The maximum absolute atomic E-state index is 12.2. The number of carbonyl (C=O) groups excluding carboxylic acids is 1. The van der Waals surface area contributed by atoms with E-state index < -0.39 is 18.6 Å². The number of nitrogens with one attached hydrogen (secondary N) is 1. The molecule has 27 heavy (non-hydrogen) atoms. The zero-order valence-electron chi connectivity index (χ0n) is 14.4. The van der Waals surface area contributed by atoms with E-state index in [4.69, 9.17) is 16.3 Å². The van der Waals surface area contributed by atoms with Crippen LogP contribution in [0.5, 0.6) is 0 Å². The van der Waals surface area contributed by atoms with Crippen LogP contribution >= 0.6 is 23.4 Å². The summed E-state index contributed by atoms with van der Waals surface area (Å²) in [6, 6.07) is 7.12. The van der Waals surface area contributed by atoms with Gasteiger partial charge >= 0.3 is 6.18 Å². The first-order chi connectivity index (χ1) is 12.8. The number of rotatable bonds is 9. The third kappa shape index (κ3) is 6.71. The minimum Gasteiger partial charge on any atom is -0.385 e. The number of hydrogen-bond donors (Lipinski definition) is 1. The lowest BCUT2D eigenvalue weighted by molar-refractivity contribution is -0.136. The number of methoxy groups -OCH3 is 1. The van der Waals surface area contributed by atoms with Crippen LogP contribution in [0.4, 0.5) is 13.2 Å². The van der Waals surface area contributed by atoms with E-state index in [-0.39, 0.29) is 5.75 Å². The average Bonchev–Trinajstić information content (AvgIpc) is 3.01. The number of ether oxygens (including phenoxy) is 1. The van der Waals surface area contributed by atoms with E-state index in [1.54, 1.807) is 29.9 Å². The molecule has 1 heterocycles. The van der Waals surface area contributed by atoms with Gasteiger partial charge in [0.2, 0.25) is 5.91 Å². The number of hydrogen-bond acceptors (Lipinski definition) is 5. The van der Waals surface area contributed by atoms with E-state index >= 15 is 0 Å². The minimum atomic E-state index is -4.45. The third-order valence-corrected chi connectivity index (χ3v) is 4.68. The van der Waals surface area contributed by atoms with E-state index in [9.17, 15) is 18.0 Å². The molecule has 0 aliphatic carbocycles. The van der Waals surface area contributed by atoms with Crippen molar-refractivity contribution in [1.82, 2.24) is 20.1 Å². The molecule has 148 valence electrons. The predicted octanol–water partition coefficient (Wildman–Crippen LogP) is 3.41. The summed E-state index contributed by atoms with van der Waals surface area (Å²) in [5, 5.41) is 11.0. The van der Waals surface area contributed by atoms with Crippen LogP contribution in [-0.2, 0) is 16.1 Å². The molecule has 2 aromatic rings. The van der Waals surface area contributed by atoms with Crippen molar-refractivity contribution in [1.29, 1.82) is 0 Å². The van der Waals surface area contributed by atoms with E-state index in [1.165, 1.54) is 0 Å². The van der Waals surface area contributed by atoms with Crippen LogP contribution in [0, 0.1) is 0 Å². The summed E-state index contributed by atoms with van der Waals surface area (Å²) in [4.78, 5) is 11.6. The molecular weight excluding hydrogens is 405 g/mol. The summed E-state index contributed by atoms with van der Waals surface area (Å²) in [7, 11) is 1.59. The second kappa shape index (κ2) is 9.95. The molecule has 1 N–H and O–H groups in total. The van der Waals surface area contributed by atoms with Gasteiger partial charge in [0.1, 0.15) is 6.54 Å². The molecule has 0 bridgehead atoms. The Hall–Kier alpha value is -1.78. The van der Waals surface area contributed by atoms with Crippen molar-refractivity contribution in [3.05, 3.63) is 29.3 Å². The van der Waals surface area contributed by atoms with Crippen LogP contribution in [-0.4, -0.2) is 52.9 Å². The maximum atomic E-state index is 12.2. The Balaban J connectivity index is 2.13. The van der Waals surface area contributed by atoms with Crippen LogP contribution in [0.2, 0.25) is 5.02 Å². The number of halogens is 4. The summed E-state index contributed by atoms with van der Waals surface area (Å²) >= 11 is 7.24.